The van der Waals surface area contributed by atoms with Gasteiger partial charge in [0.15, 0.2) is 5.79 Å². The number of piperidine rings is 1. The van der Waals surface area contributed by atoms with Gasteiger partial charge in [-0.05, 0) is 36.8 Å². The summed E-state index contributed by atoms with van der Waals surface area (Å²) < 4.78 is 11.5. The van der Waals surface area contributed by atoms with Crippen LogP contribution in [0.5, 0.6) is 0 Å². The zero-order valence-electron chi connectivity index (χ0n) is 20.2. The largest absolute Gasteiger partial charge is 0.347 e. The molecule has 2 fully saturated rings. The van der Waals surface area contributed by atoms with Crippen molar-refractivity contribution >= 4 is 41.0 Å². The van der Waals surface area contributed by atoms with Crippen LogP contribution in [0.4, 0.5) is 16.2 Å². The van der Waals surface area contributed by atoms with Crippen molar-refractivity contribution in [1.82, 2.24) is 10.2 Å². The van der Waals surface area contributed by atoms with E-state index in [4.69, 9.17) is 9.47 Å². The first kappa shape index (κ1) is 24.6. The minimum Gasteiger partial charge on any atom is -0.347 e. The van der Waals surface area contributed by atoms with Gasteiger partial charge in [-0.15, -0.1) is 11.8 Å². The Morgan fingerprint density at radius 3 is 2.58 bits per heavy atom. The molecule has 2 saturated heterocycles. The maximum Gasteiger partial charge on any atom is 0.319 e. The van der Waals surface area contributed by atoms with Crippen LogP contribution in [-0.2, 0) is 19.1 Å². The lowest BCUT2D eigenvalue weighted by Gasteiger charge is -2.38. The zero-order chi connectivity index (χ0) is 25.1. The van der Waals surface area contributed by atoms with Crippen molar-refractivity contribution < 1.29 is 23.9 Å². The van der Waals surface area contributed by atoms with E-state index in [0.717, 1.165) is 10.5 Å². The molecule has 4 amide bonds. The SMILES string of the molecule is Cc1cccc(NC(=O)NC2CSc3ccccc3N(CC(=O)N3CCC4(CC3)OCCO4)C2=O)c1. The predicted molar refractivity (Wildman–Crippen MR) is 137 cm³/mol. The third-order valence-electron chi connectivity index (χ3n) is 6.69. The van der Waals surface area contributed by atoms with Crippen LogP contribution >= 0.6 is 11.8 Å². The molecule has 1 atom stereocenters. The number of thioether (sulfide) groups is 1. The summed E-state index contributed by atoms with van der Waals surface area (Å²) in [5, 5.41) is 5.60. The maximum atomic E-state index is 13.6. The molecule has 5 rings (SSSR count). The fourth-order valence-corrected chi connectivity index (χ4v) is 5.86. The molecule has 2 aromatic carbocycles. The zero-order valence-corrected chi connectivity index (χ0v) is 21.0. The maximum absolute atomic E-state index is 13.6. The van der Waals surface area contributed by atoms with Crippen LogP contribution in [0.25, 0.3) is 0 Å². The quantitative estimate of drug-likeness (QED) is 0.656. The van der Waals surface area contributed by atoms with E-state index in [1.807, 2.05) is 49.4 Å². The molecule has 36 heavy (non-hydrogen) atoms. The van der Waals surface area contributed by atoms with Gasteiger partial charge in [-0.1, -0.05) is 24.3 Å². The Kier molecular flexibility index (Phi) is 7.17. The number of rotatable bonds is 4. The molecule has 0 aromatic heterocycles. The smallest absolute Gasteiger partial charge is 0.319 e. The number of likely N-dealkylation sites (tertiary alicyclic amines) is 1. The molecule has 10 heteroatoms. The van der Waals surface area contributed by atoms with Crippen LogP contribution < -0.4 is 15.5 Å². The lowest BCUT2D eigenvalue weighted by molar-refractivity contribution is -0.187. The average molecular weight is 511 g/mol. The van der Waals surface area contributed by atoms with E-state index in [-0.39, 0.29) is 18.4 Å². The van der Waals surface area contributed by atoms with Crippen LogP contribution in [0.3, 0.4) is 0 Å². The third-order valence-corrected chi connectivity index (χ3v) is 7.85. The number of para-hydroxylation sites is 1. The van der Waals surface area contributed by atoms with E-state index in [1.54, 1.807) is 11.0 Å². The molecule has 0 bridgehead atoms. The van der Waals surface area contributed by atoms with Crippen molar-refractivity contribution in [2.24, 2.45) is 0 Å². The number of nitrogens with one attached hydrogen (secondary N) is 2. The molecule has 3 heterocycles. The normalized spacial score (nSPS) is 21.1. The highest BCUT2D eigenvalue weighted by Crippen LogP contribution is 2.35. The number of hydrogen-bond donors (Lipinski definition) is 2. The molecular formula is C26H30N4O5S. The second kappa shape index (κ2) is 10.5. The molecule has 0 aliphatic carbocycles. The van der Waals surface area contributed by atoms with E-state index in [9.17, 15) is 14.4 Å². The summed E-state index contributed by atoms with van der Waals surface area (Å²) in [5.41, 5.74) is 2.35. The predicted octanol–water partition coefficient (Wildman–Crippen LogP) is 2.99. The van der Waals surface area contributed by atoms with E-state index >= 15 is 0 Å². The number of carbonyl (C=O) groups excluding carboxylic acids is 3. The van der Waals surface area contributed by atoms with Gasteiger partial charge in [-0.25, -0.2) is 4.79 Å². The lowest BCUT2D eigenvalue weighted by Crippen LogP contribution is -2.54. The molecule has 3 aliphatic rings. The Balaban J connectivity index is 1.28. The van der Waals surface area contributed by atoms with E-state index in [0.29, 0.717) is 56.3 Å². The minimum absolute atomic E-state index is 0.0944. The number of amides is 4. The average Bonchev–Trinajstić information content (AvgIpc) is 3.28. The van der Waals surface area contributed by atoms with Gasteiger partial charge in [0.1, 0.15) is 12.6 Å². The third kappa shape index (κ3) is 5.35. The van der Waals surface area contributed by atoms with Gasteiger partial charge in [0.2, 0.25) is 5.91 Å². The summed E-state index contributed by atoms with van der Waals surface area (Å²) in [4.78, 5) is 43.8. The van der Waals surface area contributed by atoms with E-state index in [1.165, 1.54) is 16.7 Å². The van der Waals surface area contributed by atoms with Crippen molar-refractivity contribution in [3.05, 3.63) is 54.1 Å². The Morgan fingerprint density at radius 2 is 1.83 bits per heavy atom. The highest BCUT2D eigenvalue weighted by Gasteiger charge is 2.41. The highest BCUT2D eigenvalue weighted by molar-refractivity contribution is 7.99. The molecule has 0 saturated carbocycles. The summed E-state index contributed by atoms with van der Waals surface area (Å²) >= 11 is 1.49. The second-order valence-electron chi connectivity index (χ2n) is 9.21. The molecule has 2 N–H and O–H groups in total. The van der Waals surface area contributed by atoms with Crippen LogP contribution in [0.15, 0.2) is 53.4 Å². The van der Waals surface area contributed by atoms with Crippen LogP contribution in [-0.4, -0.2) is 73.2 Å². The Labute approximate surface area is 214 Å². The van der Waals surface area contributed by atoms with Gasteiger partial charge in [-0.3, -0.25) is 9.59 Å². The molecule has 1 unspecified atom stereocenters. The number of carbonyl (C=O) groups is 3. The van der Waals surface area contributed by atoms with E-state index in [2.05, 4.69) is 10.6 Å². The van der Waals surface area contributed by atoms with Crippen molar-refractivity contribution in [3.63, 3.8) is 0 Å². The van der Waals surface area contributed by atoms with Crippen LogP contribution in [0, 0.1) is 6.92 Å². The second-order valence-corrected chi connectivity index (χ2v) is 10.3. The first-order valence-electron chi connectivity index (χ1n) is 12.2. The number of ether oxygens (including phenoxy) is 2. The fraction of sp³-hybridized carbons (Fsp3) is 0.423. The summed E-state index contributed by atoms with van der Waals surface area (Å²) in [6.07, 6.45) is 1.23. The number of anilines is 2. The molecule has 3 aliphatic heterocycles. The lowest BCUT2D eigenvalue weighted by atomic mass is 10.0. The van der Waals surface area contributed by atoms with Gasteiger partial charge < -0.3 is 29.9 Å². The van der Waals surface area contributed by atoms with Gasteiger partial charge in [-0.2, -0.15) is 0 Å². The van der Waals surface area contributed by atoms with Crippen molar-refractivity contribution in [2.75, 3.05) is 48.8 Å². The first-order valence-corrected chi connectivity index (χ1v) is 13.1. The standard InChI is InChI=1S/C26H30N4O5S/c1-18-5-4-6-19(15-18)27-25(33)28-20-17-36-22-8-3-2-7-21(22)30(24(20)32)16-23(31)29-11-9-26(10-12-29)34-13-14-35-26/h2-8,15,20H,9-14,16-17H2,1H3,(H2,27,28,33). The number of nitrogens with zero attached hydrogens (tertiary/aromatic N) is 2. The molecular weight excluding hydrogens is 480 g/mol. The monoisotopic (exact) mass is 510 g/mol. The Bertz CT molecular complexity index is 1140. The van der Waals surface area contributed by atoms with Crippen LogP contribution in [0.1, 0.15) is 18.4 Å². The summed E-state index contributed by atoms with van der Waals surface area (Å²) in [6, 6.07) is 13.7. The van der Waals surface area contributed by atoms with Gasteiger partial charge in [0.25, 0.3) is 5.91 Å². The van der Waals surface area contributed by atoms with Gasteiger partial charge in [0, 0.05) is 42.3 Å². The fourth-order valence-electron chi connectivity index (χ4n) is 4.79. The minimum atomic E-state index is -0.787. The van der Waals surface area contributed by atoms with E-state index < -0.39 is 17.9 Å². The summed E-state index contributed by atoms with van der Waals surface area (Å²) in [5.74, 6) is -0.655. The van der Waals surface area contributed by atoms with Crippen molar-refractivity contribution in [1.29, 1.82) is 0 Å². The molecule has 1 spiro atoms. The van der Waals surface area contributed by atoms with Crippen molar-refractivity contribution in [2.45, 2.75) is 36.5 Å². The Morgan fingerprint density at radius 1 is 1.08 bits per heavy atom. The number of urea groups is 1. The topological polar surface area (TPSA) is 100 Å². The Hall–Kier alpha value is -3.08. The molecule has 190 valence electrons. The molecule has 2 aromatic rings. The first-order chi connectivity index (χ1) is 17.4. The van der Waals surface area contributed by atoms with Crippen LogP contribution in [0.2, 0.25) is 0 Å². The van der Waals surface area contributed by atoms with Gasteiger partial charge in [0.05, 0.1) is 18.9 Å². The summed E-state index contributed by atoms with van der Waals surface area (Å²) in [6.45, 7) is 4.03. The summed E-state index contributed by atoms with van der Waals surface area (Å²) in [7, 11) is 0. The van der Waals surface area contributed by atoms with Crippen molar-refractivity contribution in [3.8, 4) is 0 Å². The molecule has 0 radical (unpaired) electrons. The van der Waals surface area contributed by atoms with Gasteiger partial charge >= 0.3 is 6.03 Å². The number of aryl methyl sites for hydroxylation is 1. The number of fused-ring (bicyclic) bond motifs is 1. The highest BCUT2D eigenvalue weighted by atomic mass is 32.2. The number of hydrogen-bond acceptors (Lipinski definition) is 6. The number of benzene rings is 2. The molecule has 9 nitrogen and oxygen atoms in total.